The lowest BCUT2D eigenvalue weighted by atomic mass is 9.98. The molecule has 2 heteroatoms. The maximum Gasteiger partial charge on any atom is 0.0541 e. The lowest BCUT2D eigenvalue weighted by Crippen LogP contribution is -2.31. The van der Waals surface area contributed by atoms with Crippen LogP contribution in [-0.2, 0) is 0 Å². The molecule has 2 heterocycles. The number of fused-ring (bicyclic) bond motifs is 6. The minimum absolute atomic E-state index is 0.525. The van der Waals surface area contributed by atoms with E-state index >= 15 is 0 Å². The summed E-state index contributed by atoms with van der Waals surface area (Å²) in [5, 5.41) is 6.51. The van der Waals surface area contributed by atoms with E-state index in [0.29, 0.717) is 5.92 Å². The van der Waals surface area contributed by atoms with E-state index < -0.39 is 0 Å². The molecule has 2 nitrogen and oxygen atoms in total. The molecule has 1 aliphatic rings. The molecule has 45 heavy (non-hydrogen) atoms. The van der Waals surface area contributed by atoms with E-state index in [4.69, 9.17) is 0 Å². The average Bonchev–Trinajstić information content (AvgIpc) is 3.60. The first kappa shape index (κ1) is 25.9. The molecule has 0 fully saturated rings. The van der Waals surface area contributed by atoms with Crippen molar-refractivity contribution in [2.45, 2.75) is 13.3 Å². The van der Waals surface area contributed by atoms with Gasteiger partial charge in [0.25, 0.3) is 0 Å². The number of aromatic nitrogens is 2. The number of nitrogens with zero attached hydrogens (tertiary/aromatic N) is 2. The lowest BCUT2D eigenvalue weighted by molar-refractivity contribution is 0.795. The van der Waals surface area contributed by atoms with Crippen LogP contribution in [0.3, 0.4) is 0 Å². The van der Waals surface area contributed by atoms with Crippen LogP contribution in [0.25, 0.3) is 78.5 Å². The Balaban J connectivity index is 1.26. The monoisotopic (exact) mass is 576 g/mol. The molecule has 0 spiro atoms. The largest absolute Gasteiger partial charge is 0.310 e. The molecule has 0 aliphatic heterocycles. The topological polar surface area (TPSA) is 9.86 Å². The molecule has 1 unspecified atom stereocenters. The molecule has 0 amide bonds. The van der Waals surface area contributed by atoms with Crippen LogP contribution in [0.2, 0.25) is 0 Å². The van der Waals surface area contributed by atoms with Crippen LogP contribution in [0.4, 0.5) is 0 Å². The predicted molar refractivity (Wildman–Crippen MR) is 190 cm³/mol. The third-order valence-corrected chi connectivity index (χ3v) is 9.43. The highest BCUT2D eigenvalue weighted by Crippen LogP contribution is 2.38. The summed E-state index contributed by atoms with van der Waals surface area (Å²) in [5.74, 6) is 0.525. The molecular weight excluding hydrogens is 544 g/mol. The van der Waals surface area contributed by atoms with Gasteiger partial charge in [0.05, 0.1) is 22.2 Å². The Labute approximate surface area is 262 Å². The first-order chi connectivity index (χ1) is 22.2. The lowest BCUT2D eigenvalue weighted by Gasteiger charge is -2.14. The number of para-hydroxylation sites is 3. The van der Waals surface area contributed by atoms with Gasteiger partial charge in [0.2, 0.25) is 0 Å². The molecule has 0 saturated heterocycles. The van der Waals surface area contributed by atoms with E-state index in [1.165, 1.54) is 76.9 Å². The summed E-state index contributed by atoms with van der Waals surface area (Å²) in [5.41, 5.74) is 11.0. The van der Waals surface area contributed by atoms with E-state index in [-0.39, 0.29) is 0 Å². The van der Waals surface area contributed by atoms with Gasteiger partial charge in [0, 0.05) is 38.0 Å². The first-order valence-corrected chi connectivity index (χ1v) is 15.8. The van der Waals surface area contributed by atoms with Gasteiger partial charge in [-0.1, -0.05) is 116 Å². The van der Waals surface area contributed by atoms with Crippen molar-refractivity contribution in [1.82, 2.24) is 9.13 Å². The van der Waals surface area contributed by atoms with Crippen molar-refractivity contribution >= 4 is 44.9 Å². The number of hydrogen-bond acceptors (Lipinski definition) is 0. The second-order valence-electron chi connectivity index (χ2n) is 12.3. The second kappa shape index (κ2) is 10.2. The fraction of sp³-hybridized carbons (Fsp3) is 0.0698. The molecule has 214 valence electrons. The van der Waals surface area contributed by atoms with Gasteiger partial charge in [-0.25, -0.2) is 0 Å². The van der Waals surface area contributed by atoms with Crippen LogP contribution >= 0.6 is 0 Å². The second-order valence-corrected chi connectivity index (χ2v) is 12.3. The van der Waals surface area contributed by atoms with Gasteiger partial charge in [0.1, 0.15) is 0 Å². The maximum atomic E-state index is 2.46. The predicted octanol–water partition coefficient (Wildman–Crippen LogP) is 9.66. The van der Waals surface area contributed by atoms with Crippen LogP contribution in [0.1, 0.15) is 13.3 Å². The van der Waals surface area contributed by atoms with E-state index in [1.807, 2.05) is 0 Å². The zero-order valence-corrected chi connectivity index (χ0v) is 25.2. The Kier molecular flexibility index (Phi) is 5.89. The Morgan fingerprint density at radius 1 is 0.511 bits per heavy atom. The number of rotatable bonds is 4. The highest BCUT2D eigenvalue weighted by atomic mass is 15.0. The van der Waals surface area contributed by atoms with Crippen LogP contribution in [0.15, 0.2) is 146 Å². The van der Waals surface area contributed by atoms with Crippen LogP contribution < -0.4 is 10.6 Å². The average molecular weight is 577 g/mol. The van der Waals surface area contributed by atoms with Gasteiger partial charge < -0.3 is 9.13 Å². The van der Waals surface area contributed by atoms with Crippen molar-refractivity contribution in [2.75, 3.05) is 0 Å². The van der Waals surface area contributed by atoms with Gasteiger partial charge in [-0.05, 0) is 77.6 Å². The normalized spacial score (nSPS) is 14.4. The molecule has 8 aromatic rings. The Hall–Kier alpha value is -5.60. The van der Waals surface area contributed by atoms with Crippen LogP contribution in [0.5, 0.6) is 0 Å². The number of hydrogen-bond donors (Lipinski definition) is 0. The number of benzene rings is 6. The zero-order valence-electron chi connectivity index (χ0n) is 25.2. The van der Waals surface area contributed by atoms with Gasteiger partial charge in [-0.2, -0.15) is 0 Å². The molecular formula is C43H32N2. The molecule has 0 N–H and O–H groups in total. The summed E-state index contributed by atoms with van der Waals surface area (Å²) >= 11 is 0. The quantitative estimate of drug-likeness (QED) is 0.197. The SMILES string of the molecule is CC1C=c2c(n(-c3ccccc3)c3ccc(-c4ccc5c(c4)c4ccccc4n5-c4ccccc4-c4ccccc4)cc23)=CC1. The summed E-state index contributed by atoms with van der Waals surface area (Å²) in [6, 6.07) is 53.0. The summed E-state index contributed by atoms with van der Waals surface area (Å²) in [7, 11) is 0. The molecule has 1 aliphatic carbocycles. The van der Waals surface area contributed by atoms with Gasteiger partial charge in [0.15, 0.2) is 0 Å². The van der Waals surface area contributed by atoms with Gasteiger partial charge >= 0.3 is 0 Å². The molecule has 0 bridgehead atoms. The van der Waals surface area contributed by atoms with Crippen molar-refractivity contribution in [1.29, 1.82) is 0 Å². The fourth-order valence-corrected chi connectivity index (χ4v) is 7.34. The Morgan fingerprint density at radius 2 is 1.13 bits per heavy atom. The van der Waals surface area contributed by atoms with E-state index in [2.05, 4.69) is 174 Å². The van der Waals surface area contributed by atoms with Crippen molar-refractivity contribution < 1.29 is 0 Å². The Morgan fingerprint density at radius 3 is 1.93 bits per heavy atom. The minimum Gasteiger partial charge on any atom is -0.310 e. The third-order valence-electron chi connectivity index (χ3n) is 9.43. The molecule has 0 saturated carbocycles. The zero-order chi connectivity index (χ0) is 29.9. The van der Waals surface area contributed by atoms with E-state index in [1.54, 1.807) is 0 Å². The first-order valence-electron chi connectivity index (χ1n) is 15.8. The smallest absolute Gasteiger partial charge is 0.0541 e. The van der Waals surface area contributed by atoms with Crippen molar-refractivity contribution in [3.63, 3.8) is 0 Å². The summed E-state index contributed by atoms with van der Waals surface area (Å²) in [6.45, 7) is 2.31. The highest BCUT2D eigenvalue weighted by molar-refractivity contribution is 6.11. The van der Waals surface area contributed by atoms with E-state index in [0.717, 1.165) is 6.42 Å². The third kappa shape index (κ3) is 4.10. The minimum atomic E-state index is 0.525. The van der Waals surface area contributed by atoms with E-state index in [9.17, 15) is 0 Å². The Bertz CT molecular complexity index is 2510. The molecule has 9 rings (SSSR count). The molecule has 1 atom stereocenters. The van der Waals surface area contributed by atoms with Gasteiger partial charge in [-0.3, -0.25) is 0 Å². The van der Waals surface area contributed by atoms with Crippen molar-refractivity contribution in [3.05, 3.63) is 156 Å². The fourth-order valence-electron chi connectivity index (χ4n) is 7.34. The highest BCUT2D eigenvalue weighted by Gasteiger charge is 2.18. The van der Waals surface area contributed by atoms with Crippen molar-refractivity contribution in [2.24, 2.45) is 5.92 Å². The molecule has 6 aromatic carbocycles. The summed E-state index contributed by atoms with van der Waals surface area (Å²) in [6.07, 6.45) is 5.94. The maximum absolute atomic E-state index is 2.46. The summed E-state index contributed by atoms with van der Waals surface area (Å²) < 4.78 is 4.86. The van der Waals surface area contributed by atoms with Crippen LogP contribution in [-0.4, -0.2) is 9.13 Å². The molecule has 2 aromatic heterocycles. The standard InChI is InChI=1S/C43H32N2/c1-29-20-23-41-36(26-29)38-28-32(21-24-42(38)44(41)33-14-6-3-7-15-33)31-22-25-43-37(27-31)35-17-9-11-19-40(35)45(43)39-18-10-8-16-34(39)30-12-4-2-5-13-30/h2-19,21-29H,20H2,1H3. The summed E-state index contributed by atoms with van der Waals surface area (Å²) in [4.78, 5) is 0. The van der Waals surface area contributed by atoms with Crippen LogP contribution in [0, 0.1) is 5.92 Å². The van der Waals surface area contributed by atoms with Gasteiger partial charge in [-0.15, -0.1) is 0 Å². The molecule has 0 radical (unpaired) electrons. The van der Waals surface area contributed by atoms with Crippen molar-refractivity contribution in [3.8, 4) is 33.6 Å².